The molecule has 9 rings (SSSR count). The lowest BCUT2D eigenvalue weighted by atomic mass is 9.95. The van der Waals surface area contributed by atoms with Crippen LogP contribution in [0.15, 0.2) is 54.7 Å². The predicted molar refractivity (Wildman–Crippen MR) is 218 cm³/mol. The molecule has 3 aromatic heterocycles. The Balaban J connectivity index is 0.747. The lowest BCUT2D eigenvalue weighted by Gasteiger charge is -2.39. The Hall–Kier alpha value is -6.49. The fourth-order valence-electron chi connectivity index (χ4n) is 8.55. The van der Waals surface area contributed by atoms with Gasteiger partial charge in [-0.05, 0) is 80.5 Å². The van der Waals surface area contributed by atoms with Gasteiger partial charge in [-0.15, -0.1) is 10.2 Å². The fraction of sp³-hybridized carbons (Fsp3) is 0.390. The number of aromatic nitrogens is 6. The van der Waals surface area contributed by atoms with E-state index in [4.69, 9.17) is 4.98 Å². The van der Waals surface area contributed by atoms with E-state index in [1.54, 1.807) is 23.0 Å². The Bertz CT molecular complexity index is 2410. The van der Waals surface area contributed by atoms with Gasteiger partial charge in [0.05, 0.1) is 16.5 Å². The zero-order chi connectivity index (χ0) is 40.1. The number of anilines is 6. The van der Waals surface area contributed by atoms with Crippen molar-refractivity contribution in [3.8, 4) is 0 Å². The van der Waals surface area contributed by atoms with Gasteiger partial charge in [-0.25, -0.2) is 9.67 Å². The molecule has 0 aliphatic carbocycles. The van der Waals surface area contributed by atoms with E-state index in [-0.39, 0.29) is 18.7 Å². The molecule has 0 spiro atoms. The molecule has 298 valence electrons. The van der Waals surface area contributed by atoms with Crippen LogP contribution in [0.5, 0.6) is 0 Å². The second kappa shape index (κ2) is 15.1. The molecule has 17 heteroatoms. The van der Waals surface area contributed by atoms with Gasteiger partial charge in [0.15, 0.2) is 23.1 Å². The van der Waals surface area contributed by atoms with Gasteiger partial charge >= 0.3 is 0 Å². The molecule has 7 heterocycles. The molecule has 3 fully saturated rings. The van der Waals surface area contributed by atoms with Gasteiger partial charge < -0.3 is 20.4 Å². The largest absolute Gasteiger partial charge is 0.371 e. The van der Waals surface area contributed by atoms with Crippen molar-refractivity contribution in [2.75, 3.05) is 66.2 Å². The molecule has 1 atom stereocenters. The zero-order valence-corrected chi connectivity index (χ0v) is 32.7. The van der Waals surface area contributed by atoms with E-state index in [2.05, 4.69) is 76.9 Å². The van der Waals surface area contributed by atoms with Crippen LogP contribution >= 0.6 is 0 Å². The second-order valence-electron chi connectivity index (χ2n) is 15.6. The summed E-state index contributed by atoms with van der Waals surface area (Å²) in [4.78, 5) is 67.8. The number of piperidine rings is 2. The predicted octanol–water partition coefficient (Wildman–Crippen LogP) is 3.70. The molecule has 4 aliphatic heterocycles. The van der Waals surface area contributed by atoms with E-state index in [9.17, 15) is 19.2 Å². The number of para-hydroxylation sites is 1. The number of nitrogens with one attached hydrogen (secondary N) is 3. The number of carbonyl (C=O) groups is 4. The molecule has 3 saturated heterocycles. The molecule has 1 unspecified atom stereocenters. The van der Waals surface area contributed by atoms with Crippen LogP contribution in [-0.2, 0) is 16.6 Å². The average molecular weight is 784 g/mol. The summed E-state index contributed by atoms with van der Waals surface area (Å²) in [7, 11) is 1.86. The van der Waals surface area contributed by atoms with E-state index in [0.29, 0.717) is 40.3 Å². The fourth-order valence-corrected chi connectivity index (χ4v) is 8.55. The van der Waals surface area contributed by atoms with E-state index in [0.717, 1.165) is 97.3 Å². The average Bonchev–Trinajstić information content (AvgIpc) is 3.67. The molecule has 0 saturated carbocycles. The Kier molecular flexibility index (Phi) is 9.67. The van der Waals surface area contributed by atoms with Crippen LogP contribution in [0.4, 0.5) is 34.8 Å². The van der Waals surface area contributed by atoms with Crippen molar-refractivity contribution < 1.29 is 19.2 Å². The minimum absolute atomic E-state index is 0.0962. The first-order chi connectivity index (χ1) is 28.1. The zero-order valence-electron chi connectivity index (χ0n) is 32.7. The molecular weight excluding hydrogens is 739 g/mol. The van der Waals surface area contributed by atoms with Crippen molar-refractivity contribution in [2.24, 2.45) is 13.0 Å². The van der Waals surface area contributed by atoms with Crippen LogP contribution in [0.25, 0.3) is 11.0 Å². The number of hydrogen-bond acceptors (Lipinski definition) is 14. The summed E-state index contributed by atoms with van der Waals surface area (Å²) < 4.78 is 1.74. The van der Waals surface area contributed by atoms with Crippen LogP contribution in [0, 0.1) is 19.8 Å². The molecule has 3 N–H and O–H groups in total. The van der Waals surface area contributed by atoms with Crippen molar-refractivity contribution in [1.82, 2.24) is 45.1 Å². The Morgan fingerprint density at radius 1 is 0.810 bits per heavy atom. The van der Waals surface area contributed by atoms with Crippen molar-refractivity contribution in [2.45, 2.75) is 45.6 Å². The van der Waals surface area contributed by atoms with Crippen molar-refractivity contribution in [3.05, 3.63) is 77.0 Å². The molecule has 0 radical (unpaired) electrons. The first-order valence-electron chi connectivity index (χ1n) is 19.8. The number of benzene rings is 2. The highest BCUT2D eigenvalue weighted by atomic mass is 16.2. The van der Waals surface area contributed by atoms with Gasteiger partial charge in [0.25, 0.3) is 11.8 Å². The molecule has 58 heavy (non-hydrogen) atoms. The Morgan fingerprint density at radius 2 is 1.57 bits per heavy atom. The molecule has 0 bridgehead atoms. The number of piperazine rings is 1. The van der Waals surface area contributed by atoms with Gasteiger partial charge in [0.1, 0.15) is 6.04 Å². The summed E-state index contributed by atoms with van der Waals surface area (Å²) >= 11 is 0. The minimum atomic E-state index is -0.967. The summed E-state index contributed by atoms with van der Waals surface area (Å²) in [6, 6.07) is 14.4. The summed E-state index contributed by atoms with van der Waals surface area (Å²) in [5.74, 6) is 1.10. The normalized spacial score (nSPS) is 19.2. The second-order valence-corrected chi connectivity index (χ2v) is 15.6. The molecule has 5 aromatic rings. The third-order valence-corrected chi connectivity index (χ3v) is 11.8. The van der Waals surface area contributed by atoms with Gasteiger partial charge in [-0.1, -0.05) is 18.2 Å². The lowest BCUT2D eigenvalue weighted by Crippen LogP contribution is -2.54. The molecule has 4 aliphatic rings. The lowest BCUT2D eigenvalue weighted by molar-refractivity contribution is -0.136. The first kappa shape index (κ1) is 37.1. The van der Waals surface area contributed by atoms with Crippen LogP contribution < -0.4 is 25.8 Å². The van der Waals surface area contributed by atoms with Gasteiger partial charge in [0.2, 0.25) is 17.8 Å². The quantitative estimate of drug-likeness (QED) is 0.184. The maximum Gasteiger partial charge on any atom is 0.262 e. The number of amides is 4. The smallest absolute Gasteiger partial charge is 0.262 e. The standard InChI is InChI=1S/C41H45N13O4/c1-24-5-4-6-25(2)35(24)45-36-30-22-42-41(46-37(30)50(3)49-36)43-32-10-11-33(48-47-32)53-19-17-51(18-20-53)23-26-13-15-52(16-14-26)27-7-8-28-29(21-27)40(58)54(39(28)57)31-9-12-34(55)44-38(31)56/h4-8,10-11,21-22,26,31H,9,12-20,23H2,1-3H3,(H,45,49)(H,44,55,56)(H,42,43,46,47). The highest BCUT2D eigenvalue weighted by Gasteiger charge is 2.45. The maximum absolute atomic E-state index is 13.3. The molecule has 4 amide bonds. The maximum atomic E-state index is 13.3. The number of fused-ring (bicyclic) bond motifs is 2. The van der Waals surface area contributed by atoms with E-state index in [1.165, 1.54) is 0 Å². The minimum Gasteiger partial charge on any atom is -0.371 e. The monoisotopic (exact) mass is 783 g/mol. The van der Waals surface area contributed by atoms with E-state index >= 15 is 0 Å². The number of aryl methyl sites for hydroxylation is 3. The van der Waals surface area contributed by atoms with E-state index in [1.807, 2.05) is 31.3 Å². The van der Waals surface area contributed by atoms with Crippen molar-refractivity contribution in [1.29, 1.82) is 0 Å². The number of hydrogen-bond donors (Lipinski definition) is 3. The molecule has 17 nitrogen and oxygen atoms in total. The van der Waals surface area contributed by atoms with Crippen LogP contribution in [0.2, 0.25) is 0 Å². The van der Waals surface area contributed by atoms with Crippen molar-refractivity contribution in [3.63, 3.8) is 0 Å². The van der Waals surface area contributed by atoms with Gasteiger partial charge in [-0.2, -0.15) is 10.1 Å². The van der Waals surface area contributed by atoms with Crippen molar-refractivity contribution >= 4 is 69.4 Å². The SMILES string of the molecule is Cc1cccc(C)c1Nc1nn(C)c2nc(Nc3ccc(N4CCN(CC5CCN(c6ccc7c(c6)C(=O)N(C6CCC(=O)NC6=O)C7=O)CC5)CC4)nn3)ncc12. The summed E-state index contributed by atoms with van der Waals surface area (Å²) in [6.07, 6.45) is 4.05. The number of rotatable bonds is 9. The first-order valence-corrected chi connectivity index (χ1v) is 19.8. The number of carbonyl (C=O) groups excluding carboxylic acids is 4. The van der Waals surface area contributed by atoms with Crippen LogP contribution in [-0.4, -0.2) is 115 Å². The van der Waals surface area contributed by atoms with Gasteiger partial charge in [-0.3, -0.25) is 34.3 Å². The highest BCUT2D eigenvalue weighted by Crippen LogP contribution is 2.33. The Morgan fingerprint density at radius 3 is 2.29 bits per heavy atom. The van der Waals surface area contributed by atoms with Crippen LogP contribution in [0.1, 0.15) is 57.5 Å². The highest BCUT2D eigenvalue weighted by molar-refractivity contribution is 6.23. The van der Waals surface area contributed by atoms with Crippen LogP contribution in [0.3, 0.4) is 0 Å². The summed E-state index contributed by atoms with van der Waals surface area (Å²) in [6.45, 7) is 10.5. The number of imide groups is 2. The summed E-state index contributed by atoms with van der Waals surface area (Å²) in [5, 5.41) is 23.3. The number of nitrogens with zero attached hydrogens (tertiary/aromatic N) is 10. The third kappa shape index (κ3) is 7.05. The van der Waals surface area contributed by atoms with Gasteiger partial charge in [0, 0.05) is 76.9 Å². The Labute approximate surface area is 334 Å². The third-order valence-electron chi connectivity index (χ3n) is 11.8. The van der Waals surface area contributed by atoms with E-state index < -0.39 is 23.8 Å². The molecule has 2 aromatic carbocycles. The topological polar surface area (TPSA) is 187 Å². The summed E-state index contributed by atoms with van der Waals surface area (Å²) in [5.41, 5.74) is 5.50. The molecular formula is C41H45N13O4.